The lowest BCUT2D eigenvalue weighted by Crippen LogP contribution is -1.91. The van der Waals surface area contributed by atoms with Crippen molar-refractivity contribution in [3.05, 3.63) is 70.0 Å². The quantitative estimate of drug-likeness (QED) is 0.201. The van der Waals surface area contributed by atoms with Crippen molar-refractivity contribution in [3.8, 4) is 0 Å². The molecule has 0 unspecified atom stereocenters. The monoisotopic (exact) mass is 458 g/mol. The molecule has 2 aliphatic rings. The van der Waals surface area contributed by atoms with Crippen LogP contribution in [-0.4, -0.2) is 14.1 Å². The molecule has 2 aliphatic carbocycles. The number of benzene rings is 2. The maximum atomic E-state index is 10.9. The molecule has 2 fully saturated rings. The summed E-state index contributed by atoms with van der Waals surface area (Å²) >= 11 is 0. The van der Waals surface area contributed by atoms with Crippen LogP contribution < -0.4 is 5.73 Å². The fourth-order valence-electron chi connectivity index (χ4n) is 6.09. The largest absolute Gasteiger partial charge is 0.399 e. The third kappa shape index (κ3) is 4.17. The molecule has 2 heterocycles. The van der Waals surface area contributed by atoms with Gasteiger partial charge in [-0.25, -0.2) is 0 Å². The Balaban J connectivity index is 0.000000142. The second-order valence-corrected chi connectivity index (χ2v) is 10.1. The minimum atomic E-state index is -0.315. The SMILES string of the molecule is Cn1cc(C2CCCC2)c2cc(N)ccc21.Cn1cc(C2CCCC2)c2cc([N+](=O)[O-])ccc21. The van der Waals surface area contributed by atoms with E-state index in [1.165, 1.54) is 73.4 Å². The van der Waals surface area contributed by atoms with E-state index in [1.807, 2.05) is 19.2 Å². The number of aryl methyl sites for hydroxylation is 2. The lowest BCUT2D eigenvalue weighted by atomic mass is 9.97. The van der Waals surface area contributed by atoms with Crippen LogP contribution in [0.1, 0.15) is 74.3 Å². The van der Waals surface area contributed by atoms with Gasteiger partial charge in [-0.2, -0.15) is 0 Å². The molecule has 0 bridgehead atoms. The number of nitrogen functional groups attached to an aromatic ring is 1. The molecule has 178 valence electrons. The molecule has 0 radical (unpaired) electrons. The number of nitrogens with zero attached hydrogens (tertiary/aromatic N) is 3. The first-order chi connectivity index (χ1) is 16.4. The lowest BCUT2D eigenvalue weighted by Gasteiger charge is -2.07. The highest BCUT2D eigenvalue weighted by molar-refractivity contribution is 5.88. The van der Waals surface area contributed by atoms with E-state index in [1.54, 1.807) is 12.1 Å². The molecular weight excluding hydrogens is 424 g/mol. The van der Waals surface area contributed by atoms with E-state index >= 15 is 0 Å². The number of anilines is 1. The molecule has 34 heavy (non-hydrogen) atoms. The maximum absolute atomic E-state index is 10.9. The molecule has 2 N–H and O–H groups in total. The summed E-state index contributed by atoms with van der Waals surface area (Å²) in [6.07, 6.45) is 14.8. The number of nitro groups is 1. The highest BCUT2D eigenvalue weighted by Gasteiger charge is 2.23. The Morgan fingerprint density at radius 3 is 1.76 bits per heavy atom. The van der Waals surface area contributed by atoms with Gasteiger partial charge in [0.2, 0.25) is 0 Å². The van der Waals surface area contributed by atoms with E-state index in [-0.39, 0.29) is 10.6 Å². The number of non-ortho nitro benzene ring substituents is 1. The predicted molar refractivity (Wildman–Crippen MR) is 139 cm³/mol. The Hall–Kier alpha value is -3.28. The predicted octanol–water partition coefficient (Wildman–Crippen LogP) is 7.16. The van der Waals surface area contributed by atoms with E-state index in [0.29, 0.717) is 5.92 Å². The molecule has 0 spiro atoms. The molecule has 2 saturated carbocycles. The zero-order valence-electron chi connectivity index (χ0n) is 20.2. The van der Waals surface area contributed by atoms with E-state index in [9.17, 15) is 10.1 Å². The number of aromatic nitrogens is 2. The normalized spacial score (nSPS) is 16.9. The van der Waals surface area contributed by atoms with E-state index in [4.69, 9.17) is 5.73 Å². The number of hydrogen-bond donors (Lipinski definition) is 1. The molecule has 6 nitrogen and oxygen atoms in total. The van der Waals surface area contributed by atoms with Crippen molar-refractivity contribution in [3.63, 3.8) is 0 Å². The Bertz CT molecular complexity index is 1340. The van der Waals surface area contributed by atoms with Crippen molar-refractivity contribution in [1.82, 2.24) is 9.13 Å². The van der Waals surface area contributed by atoms with Gasteiger partial charge in [0.15, 0.2) is 0 Å². The molecule has 6 rings (SSSR count). The first kappa shape index (κ1) is 22.5. The van der Waals surface area contributed by atoms with E-state index in [2.05, 4.69) is 40.7 Å². The van der Waals surface area contributed by atoms with Gasteiger partial charge in [0.05, 0.1) is 4.92 Å². The molecular formula is C28H34N4O2. The van der Waals surface area contributed by atoms with E-state index < -0.39 is 0 Å². The van der Waals surface area contributed by atoms with Crippen molar-refractivity contribution >= 4 is 33.2 Å². The van der Waals surface area contributed by atoms with Gasteiger partial charge >= 0.3 is 0 Å². The number of nitrogens with two attached hydrogens (primary N) is 1. The van der Waals surface area contributed by atoms with Crippen LogP contribution in [0, 0.1) is 10.1 Å². The van der Waals surface area contributed by atoms with Crippen molar-refractivity contribution in [1.29, 1.82) is 0 Å². The number of nitro benzene ring substituents is 1. The van der Waals surface area contributed by atoms with Gasteiger partial charge in [0, 0.05) is 66.1 Å². The molecule has 0 saturated heterocycles. The summed E-state index contributed by atoms with van der Waals surface area (Å²) in [6, 6.07) is 11.4. The van der Waals surface area contributed by atoms with Crippen LogP contribution >= 0.6 is 0 Å². The third-order valence-corrected chi connectivity index (χ3v) is 7.85. The lowest BCUT2D eigenvalue weighted by molar-refractivity contribution is -0.384. The van der Waals surface area contributed by atoms with Crippen LogP contribution in [0.15, 0.2) is 48.8 Å². The van der Waals surface area contributed by atoms with Crippen molar-refractivity contribution in [2.24, 2.45) is 14.1 Å². The third-order valence-electron chi connectivity index (χ3n) is 7.85. The second-order valence-electron chi connectivity index (χ2n) is 10.1. The van der Waals surface area contributed by atoms with E-state index in [0.717, 1.165) is 22.5 Å². The number of fused-ring (bicyclic) bond motifs is 2. The Kier molecular flexibility index (Phi) is 6.07. The molecule has 0 aliphatic heterocycles. The van der Waals surface area contributed by atoms with Gasteiger partial charge in [-0.15, -0.1) is 0 Å². The highest BCUT2D eigenvalue weighted by atomic mass is 16.6. The Labute approximate surface area is 200 Å². The topological polar surface area (TPSA) is 79.0 Å². The number of rotatable bonds is 3. The Morgan fingerprint density at radius 2 is 1.26 bits per heavy atom. The van der Waals surface area contributed by atoms with Crippen LogP contribution in [0.5, 0.6) is 0 Å². The number of hydrogen-bond acceptors (Lipinski definition) is 3. The molecule has 0 atom stereocenters. The standard InChI is InChI=1S/C14H16N2O2.C14H18N2/c1-15-9-13(10-4-2-3-5-10)12-8-11(16(17)18)6-7-14(12)15;1-16-9-13(10-4-2-3-5-10)12-8-11(15)6-7-14(12)16/h6-10H,2-5H2,1H3;6-10H,2-5,15H2,1H3. The van der Waals surface area contributed by atoms with Gasteiger partial charge < -0.3 is 14.9 Å². The summed E-state index contributed by atoms with van der Waals surface area (Å²) < 4.78 is 4.30. The van der Waals surface area contributed by atoms with Crippen LogP contribution in [0.2, 0.25) is 0 Å². The zero-order chi connectivity index (χ0) is 23.8. The molecule has 0 amide bonds. The van der Waals surface area contributed by atoms with Gasteiger partial charge in [-0.1, -0.05) is 25.7 Å². The molecule has 2 aromatic carbocycles. The fourth-order valence-corrected chi connectivity index (χ4v) is 6.09. The van der Waals surface area contributed by atoms with Crippen LogP contribution in [0.4, 0.5) is 11.4 Å². The first-order valence-electron chi connectivity index (χ1n) is 12.5. The first-order valence-corrected chi connectivity index (χ1v) is 12.5. The van der Waals surface area contributed by atoms with Crippen LogP contribution in [0.3, 0.4) is 0 Å². The van der Waals surface area contributed by atoms with Crippen molar-refractivity contribution in [2.45, 2.75) is 63.2 Å². The van der Waals surface area contributed by atoms with Crippen LogP contribution in [0.25, 0.3) is 21.8 Å². The fraction of sp³-hybridized carbons (Fsp3) is 0.429. The summed E-state index contributed by atoms with van der Waals surface area (Å²) in [5, 5.41) is 13.3. The average molecular weight is 459 g/mol. The second kappa shape index (κ2) is 9.16. The maximum Gasteiger partial charge on any atom is 0.270 e. The summed E-state index contributed by atoms with van der Waals surface area (Å²) in [5.41, 5.74) is 12.1. The summed E-state index contributed by atoms with van der Waals surface area (Å²) in [6.45, 7) is 0. The van der Waals surface area contributed by atoms with Gasteiger partial charge in [-0.3, -0.25) is 10.1 Å². The Morgan fingerprint density at radius 1 is 0.794 bits per heavy atom. The zero-order valence-corrected chi connectivity index (χ0v) is 20.2. The average Bonchev–Trinajstić information content (AvgIpc) is 3.61. The summed E-state index contributed by atoms with van der Waals surface area (Å²) in [7, 11) is 4.13. The minimum absolute atomic E-state index is 0.188. The molecule has 6 heteroatoms. The summed E-state index contributed by atoms with van der Waals surface area (Å²) in [5.74, 6) is 1.33. The minimum Gasteiger partial charge on any atom is -0.399 e. The highest BCUT2D eigenvalue weighted by Crippen LogP contribution is 2.40. The van der Waals surface area contributed by atoms with Crippen molar-refractivity contribution < 1.29 is 4.92 Å². The molecule has 4 aromatic rings. The van der Waals surface area contributed by atoms with Crippen LogP contribution in [-0.2, 0) is 14.1 Å². The smallest absolute Gasteiger partial charge is 0.270 e. The van der Waals surface area contributed by atoms with Crippen molar-refractivity contribution in [2.75, 3.05) is 5.73 Å². The summed E-state index contributed by atoms with van der Waals surface area (Å²) in [4.78, 5) is 10.6. The van der Waals surface area contributed by atoms with Gasteiger partial charge in [0.1, 0.15) is 0 Å². The molecule has 2 aromatic heterocycles. The van der Waals surface area contributed by atoms with Gasteiger partial charge in [0.25, 0.3) is 5.69 Å². The van der Waals surface area contributed by atoms with Gasteiger partial charge in [-0.05, 0) is 72.9 Å².